The van der Waals surface area contributed by atoms with Gasteiger partial charge in [0.2, 0.25) is 0 Å². The molecule has 0 radical (unpaired) electrons. The van der Waals surface area contributed by atoms with E-state index in [2.05, 4.69) is 10.2 Å². The first-order valence-electron chi connectivity index (χ1n) is 5.57. The number of carbonyl (C=O) groups is 1. The van der Waals surface area contributed by atoms with E-state index < -0.39 is 0 Å². The largest absolute Gasteiger partial charge is 0.343 e. The highest BCUT2D eigenvalue weighted by molar-refractivity contribution is 8.00. The van der Waals surface area contributed by atoms with Gasteiger partial charge in [-0.3, -0.25) is 9.36 Å². The molecule has 0 spiro atoms. The maximum atomic E-state index is 12.2. The number of thioether (sulfide) groups is 1. The van der Waals surface area contributed by atoms with Crippen molar-refractivity contribution in [1.82, 2.24) is 14.8 Å². The third-order valence-electron chi connectivity index (χ3n) is 2.60. The summed E-state index contributed by atoms with van der Waals surface area (Å²) in [5, 5.41) is 6.84. The summed E-state index contributed by atoms with van der Waals surface area (Å²) >= 11 is 7.09. The number of rotatable bonds is 4. The highest BCUT2D eigenvalue weighted by Gasteiger charge is 2.19. The van der Waals surface area contributed by atoms with Gasteiger partial charge in [-0.15, -0.1) is 5.10 Å². The molecule has 19 heavy (non-hydrogen) atoms. The molecule has 0 saturated heterocycles. The summed E-state index contributed by atoms with van der Waals surface area (Å²) in [5.74, 6) is -0.0528. The Morgan fingerprint density at radius 1 is 1.53 bits per heavy atom. The first kappa shape index (κ1) is 13.9. The van der Waals surface area contributed by atoms with Gasteiger partial charge < -0.3 is 0 Å². The van der Waals surface area contributed by atoms with Gasteiger partial charge in [0.1, 0.15) is 0 Å². The summed E-state index contributed by atoms with van der Waals surface area (Å²) in [6, 6.07) is 6.80. The Labute approximate surface area is 119 Å². The van der Waals surface area contributed by atoms with Crippen LogP contribution in [0.3, 0.4) is 0 Å². The van der Waals surface area contributed by atoms with E-state index in [1.165, 1.54) is 16.3 Å². The Kier molecular flexibility index (Phi) is 4.11. The Hall–Kier alpha value is -1.53. The van der Waals surface area contributed by atoms with Crippen molar-refractivity contribution in [1.29, 1.82) is 0 Å². The van der Waals surface area contributed by atoms with Crippen LogP contribution in [0.15, 0.2) is 34.2 Å². The van der Waals surface area contributed by atoms with E-state index in [4.69, 9.17) is 11.6 Å². The molecule has 5 nitrogen and oxygen atoms in total. The number of H-pyrrole nitrogens is 1. The quantitative estimate of drug-likeness (QED) is 0.693. The van der Waals surface area contributed by atoms with Crippen molar-refractivity contribution in [2.75, 3.05) is 0 Å². The number of Topliss-reactive ketones (excluding diaryl/α,β-unsaturated/α-hetero) is 1. The minimum Gasteiger partial charge on any atom is -0.293 e. The average molecular weight is 298 g/mol. The second kappa shape index (κ2) is 5.63. The molecule has 2 aromatic rings. The van der Waals surface area contributed by atoms with Gasteiger partial charge in [0.25, 0.3) is 0 Å². The lowest BCUT2D eigenvalue weighted by atomic mass is 10.1. The molecule has 7 heteroatoms. The molecule has 0 amide bonds. The standard InChI is InChI=1S/C12H12ClN3O2S/c1-7(19-12-15-14-11(18)16(12)2)10(17)8-4-3-5-9(13)6-8/h3-7H,1-2H3,(H,14,18)/t7-/m0/s1. The molecule has 1 aromatic carbocycles. The predicted molar refractivity (Wildman–Crippen MR) is 74.9 cm³/mol. The van der Waals surface area contributed by atoms with Crippen LogP contribution in [0.1, 0.15) is 17.3 Å². The number of ketones is 1. The first-order chi connectivity index (χ1) is 8.99. The van der Waals surface area contributed by atoms with Gasteiger partial charge in [0, 0.05) is 17.6 Å². The van der Waals surface area contributed by atoms with Gasteiger partial charge in [-0.1, -0.05) is 35.5 Å². The molecular weight excluding hydrogens is 286 g/mol. The van der Waals surface area contributed by atoms with Crippen LogP contribution >= 0.6 is 23.4 Å². The monoisotopic (exact) mass is 297 g/mol. The highest BCUT2D eigenvalue weighted by Crippen LogP contribution is 2.23. The zero-order valence-electron chi connectivity index (χ0n) is 10.4. The zero-order chi connectivity index (χ0) is 14.0. The van der Waals surface area contributed by atoms with E-state index in [0.717, 1.165) is 0 Å². The second-order valence-electron chi connectivity index (χ2n) is 4.01. The molecule has 0 saturated carbocycles. The van der Waals surface area contributed by atoms with E-state index in [0.29, 0.717) is 15.7 Å². The molecule has 1 N–H and O–H groups in total. The predicted octanol–water partition coefficient (Wildman–Crippen LogP) is 2.13. The van der Waals surface area contributed by atoms with Crippen LogP contribution < -0.4 is 5.69 Å². The minimum absolute atomic E-state index is 0.0528. The van der Waals surface area contributed by atoms with Crippen molar-refractivity contribution in [3.63, 3.8) is 0 Å². The molecular formula is C12H12ClN3O2S. The van der Waals surface area contributed by atoms with E-state index in [-0.39, 0.29) is 16.7 Å². The number of nitrogens with zero attached hydrogens (tertiary/aromatic N) is 2. The Balaban J connectivity index is 2.16. The first-order valence-corrected chi connectivity index (χ1v) is 6.82. The Morgan fingerprint density at radius 2 is 2.26 bits per heavy atom. The van der Waals surface area contributed by atoms with Crippen molar-refractivity contribution >= 4 is 29.1 Å². The number of nitrogens with one attached hydrogen (secondary N) is 1. The van der Waals surface area contributed by atoms with Crippen molar-refractivity contribution in [3.05, 3.63) is 45.3 Å². The van der Waals surface area contributed by atoms with Crippen LogP contribution in [-0.2, 0) is 7.05 Å². The number of aromatic nitrogens is 3. The molecule has 0 aliphatic heterocycles. The maximum Gasteiger partial charge on any atom is 0.343 e. The van der Waals surface area contributed by atoms with E-state index in [1.54, 1.807) is 38.2 Å². The number of hydrogen-bond acceptors (Lipinski definition) is 4. The molecule has 100 valence electrons. The number of aromatic amines is 1. The van der Waals surface area contributed by atoms with Crippen LogP contribution in [-0.4, -0.2) is 25.8 Å². The fourth-order valence-corrected chi connectivity index (χ4v) is 2.62. The summed E-state index contributed by atoms with van der Waals surface area (Å²) in [6.07, 6.45) is 0. The van der Waals surface area contributed by atoms with Gasteiger partial charge in [0.15, 0.2) is 10.9 Å². The van der Waals surface area contributed by atoms with Crippen LogP contribution in [0.2, 0.25) is 5.02 Å². The molecule has 1 atom stereocenters. The van der Waals surface area contributed by atoms with Gasteiger partial charge in [0.05, 0.1) is 5.25 Å². The Bertz CT molecular complexity index is 665. The summed E-state index contributed by atoms with van der Waals surface area (Å²) < 4.78 is 1.37. The lowest BCUT2D eigenvalue weighted by Crippen LogP contribution is -2.16. The average Bonchev–Trinajstić information content (AvgIpc) is 2.70. The normalized spacial score (nSPS) is 12.4. The lowest BCUT2D eigenvalue weighted by Gasteiger charge is -2.09. The van der Waals surface area contributed by atoms with Gasteiger partial charge in [-0.05, 0) is 19.1 Å². The van der Waals surface area contributed by atoms with Crippen LogP contribution in [0.4, 0.5) is 0 Å². The molecule has 0 fully saturated rings. The number of hydrogen-bond donors (Lipinski definition) is 1. The highest BCUT2D eigenvalue weighted by atomic mass is 35.5. The van der Waals surface area contributed by atoms with Crippen LogP contribution in [0, 0.1) is 0 Å². The fraction of sp³-hybridized carbons (Fsp3) is 0.250. The third kappa shape index (κ3) is 3.08. The summed E-state index contributed by atoms with van der Waals surface area (Å²) in [7, 11) is 1.60. The summed E-state index contributed by atoms with van der Waals surface area (Å²) in [4.78, 5) is 23.4. The van der Waals surface area contributed by atoms with Crippen molar-refractivity contribution in [2.24, 2.45) is 7.05 Å². The fourth-order valence-electron chi connectivity index (χ4n) is 1.53. The van der Waals surface area contributed by atoms with Crippen molar-refractivity contribution in [3.8, 4) is 0 Å². The SMILES string of the molecule is C[C@H](Sc1n[nH]c(=O)n1C)C(=O)c1cccc(Cl)c1. The van der Waals surface area contributed by atoms with E-state index in [9.17, 15) is 9.59 Å². The smallest absolute Gasteiger partial charge is 0.293 e. The third-order valence-corrected chi connectivity index (χ3v) is 3.98. The summed E-state index contributed by atoms with van der Waals surface area (Å²) in [6.45, 7) is 1.77. The molecule has 0 unspecified atom stereocenters. The molecule has 1 aromatic heterocycles. The van der Waals surface area contributed by atoms with Gasteiger partial charge >= 0.3 is 5.69 Å². The molecule has 0 bridgehead atoms. The lowest BCUT2D eigenvalue weighted by molar-refractivity contribution is 0.0994. The second-order valence-corrected chi connectivity index (χ2v) is 5.75. The topological polar surface area (TPSA) is 67.8 Å². The van der Waals surface area contributed by atoms with Crippen molar-refractivity contribution < 1.29 is 4.79 Å². The van der Waals surface area contributed by atoms with Gasteiger partial charge in [-0.25, -0.2) is 9.89 Å². The van der Waals surface area contributed by atoms with Crippen LogP contribution in [0.25, 0.3) is 0 Å². The summed E-state index contributed by atoms with van der Waals surface area (Å²) in [5.41, 5.74) is 0.248. The molecule has 2 rings (SSSR count). The van der Waals surface area contributed by atoms with Crippen LogP contribution in [0.5, 0.6) is 0 Å². The van der Waals surface area contributed by atoms with E-state index in [1.807, 2.05) is 0 Å². The van der Waals surface area contributed by atoms with E-state index >= 15 is 0 Å². The Morgan fingerprint density at radius 3 is 2.84 bits per heavy atom. The number of carbonyl (C=O) groups excluding carboxylic acids is 1. The zero-order valence-corrected chi connectivity index (χ0v) is 12.0. The van der Waals surface area contributed by atoms with Crippen molar-refractivity contribution in [2.45, 2.75) is 17.3 Å². The number of halogens is 1. The maximum absolute atomic E-state index is 12.2. The number of benzene rings is 1. The van der Waals surface area contributed by atoms with Gasteiger partial charge in [-0.2, -0.15) is 0 Å². The molecule has 1 heterocycles. The minimum atomic E-state index is -0.354. The molecule has 0 aliphatic carbocycles. The molecule has 0 aliphatic rings.